The highest BCUT2D eigenvalue weighted by molar-refractivity contribution is 9.10. The molecule has 0 spiro atoms. The molecule has 0 aromatic heterocycles. The molecule has 4 nitrogen and oxygen atoms in total. The molecule has 0 bridgehead atoms. The Morgan fingerprint density at radius 3 is 2.48 bits per heavy atom. The Kier molecular flexibility index (Phi) is 7.40. The Balaban J connectivity index is 1.69. The van der Waals surface area contributed by atoms with Gasteiger partial charge in [-0.2, -0.15) is 0 Å². The molecule has 132 valence electrons. The first-order valence-electron chi connectivity index (χ1n) is 8.00. The van der Waals surface area contributed by atoms with Crippen LogP contribution in [0.4, 0.5) is 5.69 Å². The number of rotatable bonds is 6. The van der Waals surface area contributed by atoms with Gasteiger partial charge in [-0.25, -0.2) is 0 Å². The SMILES string of the molecule is Cc1ccc(OCCCC(=O)NC(=S)Nc2ccc(C)cc2Br)cc1. The fraction of sp³-hybridized carbons (Fsp3) is 0.263. The van der Waals surface area contributed by atoms with E-state index < -0.39 is 0 Å². The quantitative estimate of drug-likeness (QED) is 0.523. The summed E-state index contributed by atoms with van der Waals surface area (Å²) in [5.74, 6) is 0.681. The Hall–Kier alpha value is -1.92. The van der Waals surface area contributed by atoms with Crippen LogP contribution < -0.4 is 15.4 Å². The number of thiocarbonyl (C=S) groups is 1. The van der Waals surface area contributed by atoms with Crippen molar-refractivity contribution in [3.63, 3.8) is 0 Å². The van der Waals surface area contributed by atoms with Crippen LogP contribution in [-0.4, -0.2) is 17.6 Å². The normalized spacial score (nSPS) is 10.2. The van der Waals surface area contributed by atoms with Crippen molar-refractivity contribution < 1.29 is 9.53 Å². The van der Waals surface area contributed by atoms with Crippen molar-refractivity contribution in [3.05, 3.63) is 58.1 Å². The first-order valence-corrected chi connectivity index (χ1v) is 9.20. The van der Waals surface area contributed by atoms with Crippen LogP contribution in [0.2, 0.25) is 0 Å². The molecule has 2 aromatic carbocycles. The maximum atomic E-state index is 11.9. The van der Waals surface area contributed by atoms with Crippen LogP contribution in [0.5, 0.6) is 5.75 Å². The molecule has 0 aliphatic carbocycles. The van der Waals surface area contributed by atoms with Gasteiger partial charge in [0.1, 0.15) is 5.75 Å². The third-order valence-electron chi connectivity index (χ3n) is 3.46. The van der Waals surface area contributed by atoms with Gasteiger partial charge < -0.3 is 15.4 Å². The number of carbonyl (C=O) groups is 1. The zero-order chi connectivity index (χ0) is 18.2. The Labute approximate surface area is 162 Å². The zero-order valence-corrected chi connectivity index (χ0v) is 16.7. The predicted molar refractivity (Wildman–Crippen MR) is 109 cm³/mol. The third kappa shape index (κ3) is 6.84. The average Bonchev–Trinajstić information content (AvgIpc) is 2.56. The van der Waals surface area contributed by atoms with E-state index in [9.17, 15) is 4.79 Å². The molecule has 0 radical (unpaired) electrons. The van der Waals surface area contributed by atoms with E-state index in [4.69, 9.17) is 17.0 Å². The summed E-state index contributed by atoms with van der Waals surface area (Å²) < 4.78 is 6.50. The molecular formula is C19H21BrN2O2S. The molecule has 0 aliphatic rings. The molecule has 1 amide bonds. The smallest absolute Gasteiger partial charge is 0.226 e. The number of hydrogen-bond acceptors (Lipinski definition) is 3. The fourth-order valence-corrected chi connectivity index (χ4v) is 2.94. The summed E-state index contributed by atoms with van der Waals surface area (Å²) >= 11 is 8.65. The molecule has 0 heterocycles. The lowest BCUT2D eigenvalue weighted by molar-refractivity contribution is -0.119. The summed E-state index contributed by atoms with van der Waals surface area (Å²) in [6, 6.07) is 13.7. The average molecular weight is 421 g/mol. The van der Waals surface area contributed by atoms with E-state index in [1.807, 2.05) is 56.3 Å². The topological polar surface area (TPSA) is 50.4 Å². The van der Waals surface area contributed by atoms with Crippen LogP contribution in [0.3, 0.4) is 0 Å². The lowest BCUT2D eigenvalue weighted by atomic mass is 10.2. The second-order valence-electron chi connectivity index (χ2n) is 5.75. The highest BCUT2D eigenvalue weighted by Gasteiger charge is 2.07. The lowest BCUT2D eigenvalue weighted by Crippen LogP contribution is -2.34. The number of aryl methyl sites for hydroxylation is 2. The van der Waals surface area contributed by atoms with Crippen molar-refractivity contribution >= 4 is 44.9 Å². The monoisotopic (exact) mass is 420 g/mol. The van der Waals surface area contributed by atoms with E-state index in [0.29, 0.717) is 19.4 Å². The summed E-state index contributed by atoms with van der Waals surface area (Å²) in [4.78, 5) is 11.9. The Morgan fingerprint density at radius 2 is 1.80 bits per heavy atom. The number of benzene rings is 2. The fourth-order valence-electron chi connectivity index (χ4n) is 2.12. The van der Waals surface area contributed by atoms with Crippen LogP contribution in [-0.2, 0) is 4.79 Å². The number of carbonyl (C=O) groups excluding carboxylic acids is 1. The van der Waals surface area contributed by atoms with Crippen LogP contribution >= 0.6 is 28.1 Å². The lowest BCUT2D eigenvalue weighted by Gasteiger charge is -2.11. The van der Waals surface area contributed by atoms with Crippen molar-refractivity contribution in [2.24, 2.45) is 0 Å². The number of hydrogen-bond donors (Lipinski definition) is 2. The number of nitrogens with one attached hydrogen (secondary N) is 2. The zero-order valence-electron chi connectivity index (χ0n) is 14.3. The predicted octanol–water partition coefficient (Wildman–Crippen LogP) is 4.74. The van der Waals surface area contributed by atoms with Gasteiger partial charge in [0.05, 0.1) is 12.3 Å². The maximum Gasteiger partial charge on any atom is 0.226 e. The molecular weight excluding hydrogens is 400 g/mol. The summed E-state index contributed by atoms with van der Waals surface area (Å²) in [6.07, 6.45) is 0.972. The summed E-state index contributed by atoms with van der Waals surface area (Å²) in [6.45, 7) is 4.52. The van der Waals surface area contributed by atoms with Gasteiger partial charge >= 0.3 is 0 Å². The minimum absolute atomic E-state index is 0.131. The second-order valence-corrected chi connectivity index (χ2v) is 7.01. The summed E-state index contributed by atoms with van der Waals surface area (Å²) in [7, 11) is 0. The van der Waals surface area contributed by atoms with E-state index in [2.05, 4.69) is 26.6 Å². The molecule has 2 rings (SSSR count). The molecule has 25 heavy (non-hydrogen) atoms. The highest BCUT2D eigenvalue weighted by Crippen LogP contribution is 2.23. The molecule has 0 saturated carbocycles. The van der Waals surface area contributed by atoms with Crippen LogP contribution in [0.15, 0.2) is 46.9 Å². The molecule has 0 saturated heterocycles. The van der Waals surface area contributed by atoms with Gasteiger partial charge in [-0.3, -0.25) is 4.79 Å². The van der Waals surface area contributed by atoms with Gasteiger partial charge in [-0.15, -0.1) is 0 Å². The summed E-state index contributed by atoms with van der Waals surface area (Å²) in [5, 5.41) is 5.98. The molecule has 0 atom stereocenters. The van der Waals surface area contributed by atoms with Crippen molar-refractivity contribution in [1.29, 1.82) is 0 Å². The van der Waals surface area contributed by atoms with E-state index in [1.54, 1.807) is 0 Å². The molecule has 0 unspecified atom stereocenters. The minimum Gasteiger partial charge on any atom is -0.494 e. The second kappa shape index (κ2) is 9.53. The van der Waals surface area contributed by atoms with Crippen LogP contribution in [0.25, 0.3) is 0 Å². The Bertz CT molecular complexity index is 748. The Morgan fingerprint density at radius 1 is 1.12 bits per heavy atom. The first-order chi connectivity index (χ1) is 11.9. The van der Waals surface area contributed by atoms with Crippen molar-refractivity contribution in [1.82, 2.24) is 5.32 Å². The van der Waals surface area contributed by atoms with Crippen LogP contribution in [0.1, 0.15) is 24.0 Å². The number of halogens is 1. The molecule has 6 heteroatoms. The van der Waals surface area contributed by atoms with Crippen LogP contribution in [0, 0.1) is 13.8 Å². The van der Waals surface area contributed by atoms with E-state index in [1.165, 1.54) is 5.56 Å². The van der Waals surface area contributed by atoms with Gasteiger partial charge in [-0.1, -0.05) is 23.8 Å². The van der Waals surface area contributed by atoms with E-state index >= 15 is 0 Å². The van der Waals surface area contributed by atoms with Gasteiger partial charge in [0, 0.05) is 10.9 Å². The van der Waals surface area contributed by atoms with Gasteiger partial charge in [-0.05, 0) is 78.2 Å². The minimum atomic E-state index is -0.131. The maximum absolute atomic E-state index is 11.9. The molecule has 0 aliphatic heterocycles. The number of ether oxygens (including phenoxy) is 1. The standard InChI is InChI=1S/C19H21BrN2O2S/c1-13-5-8-15(9-6-13)24-11-3-4-18(23)22-19(25)21-17-10-7-14(2)12-16(17)20/h5-10,12H,3-4,11H2,1-2H3,(H2,21,22,23,25). The molecule has 2 N–H and O–H groups in total. The third-order valence-corrected chi connectivity index (χ3v) is 4.32. The van der Waals surface area contributed by atoms with Gasteiger partial charge in [0.25, 0.3) is 0 Å². The van der Waals surface area contributed by atoms with Gasteiger partial charge in [0.2, 0.25) is 5.91 Å². The van der Waals surface area contributed by atoms with Crippen molar-refractivity contribution in [3.8, 4) is 5.75 Å². The number of amides is 1. The van der Waals surface area contributed by atoms with E-state index in [0.717, 1.165) is 21.5 Å². The van der Waals surface area contributed by atoms with E-state index in [-0.39, 0.29) is 11.0 Å². The highest BCUT2D eigenvalue weighted by atomic mass is 79.9. The van der Waals surface area contributed by atoms with Crippen molar-refractivity contribution in [2.45, 2.75) is 26.7 Å². The molecule has 2 aromatic rings. The largest absolute Gasteiger partial charge is 0.494 e. The summed E-state index contributed by atoms with van der Waals surface area (Å²) in [5.41, 5.74) is 3.15. The first kappa shape index (κ1) is 19.4. The molecule has 0 fully saturated rings. The van der Waals surface area contributed by atoms with Crippen molar-refractivity contribution in [2.75, 3.05) is 11.9 Å². The number of anilines is 1. The van der Waals surface area contributed by atoms with Gasteiger partial charge in [0.15, 0.2) is 5.11 Å².